The first-order valence-electron chi connectivity index (χ1n) is 17.8. The van der Waals surface area contributed by atoms with Crippen LogP contribution in [-0.2, 0) is 0 Å². The second-order valence-electron chi connectivity index (χ2n) is 13.5. The minimum absolute atomic E-state index is 0.174. The zero-order chi connectivity index (χ0) is 34.2. The summed E-state index contributed by atoms with van der Waals surface area (Å²) in [6, 6.07) is 65.6. The summed E-state index contributed by atoms with van der Waals surface area (Å²) in [6.45, 7) is 0. The van der Waals surface area contributed by atoms with Gasteiger partial charge in [-0.3, -0.25) is 0 Å². The zero-order valence-electron chi connectivity index (χ0n) is 28.1. The molecule has 52 heavy (non-hydrogen) atoms. The van der Waals surface area contributed by atoms with Crippen molar-refractivity contribution in [1.29, 1.82) is 0 Å². The molecule has 11 rings (SSSR count). The average molecular weight is 742 g/mol. The first-order valence-corrected chi connectivity index (χ1v) is 20.3. The van der Waals surface area contributed by atoms with Crippen molar-refractivity contribution < 1.29 is 0 Å². The van der Waals surface area contributed by atoms with Gasteiger partial charge >= 0.3 is 313 Å². The maximum atomic E-state index is 2.49. The van der Waals surface area contributed by atoms with E-state index < -0.39 is 0 Å². The van der Waals surface area contributed by atoms with Gasteiger partial charge in [0, 0.05) is 0 Å². The Balaban J connectivity index is 1.19. The second-order valence-corrected chi connectivity index (χ2v) is 16.7. The third-order valence-corrected chi connectivity index (χ3v) is 14.2. The topological polar surface area (TPSA) is 0 Å². The van der Waals surface area contributed by atoms with Gasteiger partial charge in [-0.1, -0.05) is 0 Å². The van der Waals surface area contributed by atoms with Gasteiger partial charge in [-0.15, -0.1) is 0 Å². The van der Waals surface area contributed by atoms with Crippen molar-refractivity contribution in [2.24, 2.45) is 0 Å². The Hall–Kier alpha value is -5.76. The van der Waals surface area contributed by atoms with Crippen molar-refractivity contribution in [2.75, 3.05) is 0 Å². The monoisotopic (exact) mass is 742 g/mol. The molecule has 2 aromatic heterocycles. The molecule has 0 atom stereocenters. The number of benzene rings is 9. The summed E-state index contributed by atoms with van der Waals surface area (Å²) in [6.07, 6.45) is 0. The van der Waals surface area contributed by atoms with Crippen LogP contribution in [0.15, 0.2) is 181 Å². The van der Waals surface area contributed by atoms with Crippen LogP contribution < -0.4 is 0 Å². The normalized spacial score (nSPS) is 11.8. The van der Waals surface area contributed by atoms with Crippen LogP contribution in [0.4, 0.5) is 0 Å². The molecule has 0 nitrogen and oxygen atoms in total. The molecule has 0 N–H and O–H groups in total. The van der Waals surface area contributed by atoms with Crippen molar-refractivity contribution in [3.8, 4) is 43.8 Å². The average Bonchev–Trinajstić information content (AvgIpc) is 3.88. The second kappa shape index (κ2) is 11.9. The molecule has 0 spiro atoms. The van der Waals surface area contributed by atoms with Crippen LogP contribution in [0.25, 0.3) is 106 Å². The molecule has 11 aromatic rings. The van der Waals surface area contributed by atoms with E-state index in [1.54, 1.807) is 0 Å². The van der Waals surface area contributed by atoms with Crippen LogP contribution in [0.1, 0.15) is 0 Å². The Kier molecular flexibility index (Phi) is 6.85. The summed E-state index contributed by atoms with van der Waals surface area (Å²) in [4.78, 5) is 1.31. The first kappa shape index (κ1) is 29.9. The molecule has 0 unspecified atom stereocenters. The fourth-order valence-electron chi connectivity index (χ4n) is 8.61. The van der Waals surface area contributed by atoms with Crippen LogP contribution in [-0.4, -0.2) is 14.5 Å². The predicted molar refractivity (Wildman–Crippen MR) is 228 cm³/mol. The van der Waals surface area contributed by atoms with Crippen molar-refractivity contribution in [3.63, 3.8) is 0 Å². The van der Waals surface area contributed by atoms with Crippen LogP contribution in [0, 0.1) is 0 Å². The zero-order valence-corrected chi connectivity index (χ0v) is 30.7. The van der Waals surface area contributed by atoms with Gasteiger partial charge in [-0.25, -0.2) is 0 Å². The van der Waals surface area contributed by atoms with Gasteiger partial charge in [-0.2, -0.15) is 0 Å². The molecule has 0 amide bonds. The minimum atomic E-state index is 0.174. The Morgan fingerprint density at radius 2 is 0.827 bits per heavy atom. The number of hydrogen-bond acceptors (Lipinski definition) is 1. The van der Waals surface area contributed by atoms with Crippen molar-refractivity contribution >= 4 is 88.2 Å². The summed E-state index contributed by atoms with van der Waals surface area (Å²) >= 11 is 1.99. The van der Waals surface area contributed by atoms with Gasteiger partial charge in [0.25, 0.3) is 0 Å². The molecule has 0 saturated heterocycles. The predicted octanol–water partition coefficient (Wildman–Crippen LogP) is 14.4. The van der Waals surface area contributed by atoms with E-state index in [0.717, 1.165) is 0 Å². The van der Waals surface area contributed by atoms with Crippen molar-refractivity contribution in [3.05, 3.63) is 181 Å². The summed E-state index contributed by atoms with van der Waals surface area (Å²) in [5.74, 6) is 0. The van der Waals surface area contributed by atoms with E-state index in [-0.39, 0.29) is 14.5 Å². The molecular weight excluding hydrogens is 712 g/mol. The molecular formula is C50H30SSe. The third kappa shape index (κ3) is 4.46. The summed E-state index contributed by atoms with van der Waals surface area (Å²) in [5, 5.41) is 15.4. The molecule has 0 radical (unpaired) electrons. The van der Waals surface area contributed by atoms with Crippen LogP contribution in [0.3, 0.4) is 0 Å². The van der Waals surface area contributed by atoms with E-state index in [1.807, 2.05) is 11.3 Å². The van der Waals surface area contributed by atoms with Gasteiger partial charge in [0.15, 0.2) is 0 Å². The third-order valence-electron chi connectivity index (χ3n) is 10.7. The molecule has 242 valence electrons. The van der Waals surface area contributed by atoms with E-state index in [1.165, 1.54) is 106 Å². The standard InChI is InChI=1S/C50H30SSe/c1-2-14-31(15-3-1)46-33-16-4-8-20-37(33)48(38-21-9-5-17-34(38)46)42-25-12-24-41-43-30-32(27-28-45(43)52-50(41)42)47-35-18-6-10-22-39(35)49(44-26-13-29-51-44)40-23-11-7-19-36(40)47/h1-30H. The van der Waals surface area contributed by atoms with Gasteiger partial charge in [0.1, 0.15) is 0 Å². The van der Waals surface area contributed by atoms with Gasteiger partial charge < -0.3 is 0 Å². The van der Waals surface area contributed by atoms with Gasteiger partial charge in [-0.05, 0) is 0 Å². The van der Waals surface area contributed by atoms with E-state index in [9.17, 15) is 0 Å². The molecule has 0 aliphatic heterocycles. The fraction of sp³-hybridized carbons (Fsp3) is 0. The van der Waals surface area contributed by atoms with Gasteiger partial charge in [0.2, 0.25) is 0 Å². The van der Waals surface area contributed by atoms with Crippen LogP contribution >= 0.6 is 11.3 Å². The number of hydrogen-bond donors (Lipinski definition) is 0. The number of thiophene rings is 1. The Morgan fingerprint density at radius 1 is 0.327 bits per heavy atom. The Labute approximate surface area is 311 Å². The van der Waals surface area contributed by atoms with Crippen LogP contribution in [0.5, 0.6) is 0 Å². The summed E-state index contributed by atoms with van der Waals surface area (Å²) in [5.41, 5.74) is 9.21. The Morgan fingerprint density at radius 3 is 1.38 bits per heavy atom. The molecule has 0 bridgehead atoms. The molecule has 0 aliphatic carbocycles. The van der Waals surface area contributed by atoms with E-state index in [0.29, 0.717) is 0 Å². The number of rotatable bonds is 4. The van der Waals surface area contributed by atoms with E-state index in [4.69, 9.17) is 0 Å². The quantitative estimate of drug-likeness (QED) is 0.124. The fourth-order valence-corrected chi connectivity index (χ4v) is 11.9. The van der Waals surface area contributed by atoms with Crippen molar-refractivity contribution in [1.82, 2.24) is 0 Å². The Bertz CT molecular complexity index is 3050. The molecule has 2 heteroatoms. The molecule has 0 saturated carbocycles. The molecule has 0 fully saturated rings. The van der Waals surface area contributed by atoms with E-state index in [2.05, 4.69) is 181 Å². The maximum absolute atomic E-state index is 2.49. The molecule has 0 aliphatic rings. The van der Waals surface area contributed by atoms with Gasteiger partial charge in [0.05, 0.1) is 0 Å². The van der Waals surface area contributed by atoms with E-state index >= 15 is 0 Å². The van der Waals surface area contributed by atoms with Crippen molar-refractivity contribution in [2.45, 2.75) is 0 Å². The SMILES string of the molecule is c1ccc(-c2c3ccccc3c(-c3cccc4c3[se]c3ccc(-c5c6ccccc6c(-c6cccs6)c6ccccc56)cc34)c3ccccc23)cc1. The number of fused-ring (bicyclic) bond motifs is 7. The first-order chi connectivity index (χ1) is 25.8. The van der Waals surface area contributed by atoms with Crippen LogP contribution in [0.2, 0.25) is 0 Å². The molecule has 2 heterocycles. The summed E-state index contributed by atoms with van der Waals surface area (Å²) < 4.78 is 2.93. The molecule has 9 aromatic carbocycles. The summed E-state index contributed by atoms with van der Waals surface area (Å²) in [7, 11) is 0.